The fourth-order valence-corrected chi connectivity index (χ4v) is 0.532. The van der Waals surface area contributed by atoms with Crippen LogP contribution < -0.4 is 0 Å². The van der Waals surface area contributed by atoms with Crippen LogP contribution in [-0.2, 0) is 0 Å². The molecule has 0 heterocycles. The van der Waals surface area contributed by atoms with Gasteiger partial charge in [0.15, 0.2) is 0 Å². The Bertz CT molecular complexity index is 393. The molecule has 0 bridgehead atoms. The van der Waals surface area contributed by atoms with E-state index in [2.05, 4.69) is 0 Å². The number of hydrogen-bond acceptors (Lipinski definition) is 0. The van der Waals surface area contributed by atoms with Gasteiger partial charge in [-0.1, -0.05) is 0 Å². The predicted octanol–water partition coefficient (Wildman–Crippen LogP) is 4.93. The molecule has 10 heteroatoms. The van der Waals surface area contributed by atoms with Crippen LogP contribution in [0, 0.1) is 0 Å². The molecule has 0 rings (SSSR count). The molecule has 0 atom stereocenters. The highest BCUT2D eigenvalue weighted by molar-refractivity contribution is 5.30. The number of rotatable bonds is 3. The van der Waals surface area contributed by atoms with Gasteiger partial charge in [-0.2, -0.15) is 35.1 Å². The largest absolute Gasteiger partial charge is 0.357 e. The summed E-state index contributed by atoms with van der Waals surface area (Å²) in [7, 11) is 0. The first-order valence-electron chi connectivity index (χ1n) is 3.39. The van der Waals surface area contributed by atoms with Gasteiger partial charge in [0, 0.05) is 0 Å². The normalized spacial score (nSPS) is 13.1. The lowest BCUT2D eigenvalue weighted by molar-refractivity contribution is 0.0227. The van der Waals surface area contributed by atoms with Crippen molar-refractivity contribution < 1.29 is 43.9 Å². The van der Waals surface area contributed by atoms with Crippen molar-refractivity contribution in [2.45, 2.75) is 5.92 Å². The maximum Gasteiger partial charge on any atom is 0.357 e. The van der Waals surface area contributed by atoms with Crippen molar-refractivity contribution in [3.05, 3.63) is 35.5 Å². The van der Waals surface area contributed by atoms with Crippen molar-refractivity contribution in [3.8, 4) is 0 Å². The van der Waals surface area contributed by atoms with Gasteiger partial charge in [-0.15, -0.1) is 0 Å². The quantitative estimate of drug-likeness (QED) is 0.505. The van der Waals surface area contributed by atoms with Crippen LogP contribution in [0.2, 0.25) is 0 Å². The number of allylic oxidation sites excluding steroid dienone is 4. The minimum atomic E-state index is -5.88. The Morgan fingerprint density at radius 1 is 0.529 bits per heavy atom. The summed E-state index contributed by atoms with van der Waals surface area (Å²) in [5.41, 5.74) is 0. The zero-order valence-electron chi connectivity index (χ0n) is 7.28. The molecule has 0 aromatic rings. The second-order valence-electron chi connectivity index (χ2n) is 2.35. The first-order valence-corrected chi connectivity index (χ1v) is 3.39. The molecular formula is C7F10. The topological polar surface area (TPSA) is 0 Å². The van der Waals surface area contributed by atoms with Crippen molar-refractivity contribution in [1.29, 1.82) is 0 Å². The van der Waals surface area contributed by atoms with Crippen LogP contribution in [0.5, 0.6) is 0 Å². The Kier molecular flexibility index (Phi) is 4.78. The Morgan fingerprint density at radius 2 is 0.941 bits per heavy atom. The molecule has 0 aromatic heterocycles. The zero-order valence-corrected chi connectivity index (χ0v) is 7.28. The van der Waals surface area contributed by atoms with E-state index in [9.17, 15) is 43.9 Å². The molecule has 0 fully saturated rings. The van der Waals surface area contributed by atoms with E-state index in [0.717, 1.165) is 0 Å². The summed E-state index contributed by atoms with van der Waals surface area (Å²) in [6.07, 6.45) is -7.22. The molecule has 98 valence electrons. The first-order chi connectivity index (χ1) is 7.53. The molecule has 0 amide bonds. The summed E-state index contributed by atoms with van der Waals surface area (Å²) in [5.74, 6) is -20.1. The lowest BCUT2D eigenvalue weighted by Crippen LogP contribution is -2.20. The SMILES string of the molecule is FC(F)=C(F)/C(F)=C(\F)C(F)(F)C(F)=C(F)F. The summed E-state index contributed by atoms with van der Waals surface area (Å²) < 4.78 is 119. The van der Waals surface area contributed by atoms with Gasteiger partial charge in [-0.3, -0.25) is 0 Å². The fourth-order valence-electron chi connectivity index (χ4n) is 0.532. The summed E-state index contributed by atoms with van der Waals surface area (Å²) in [5, 5.41) is 0. The van der Waals surface area contributed by atoms with Gasteiger partial charge >= 0.3 is 18.1 Å². The second kappa shape index (κ2) is 5.23. The number of alkyl halides is 2. The molecule has 0 aliphatic heterocycles. The number of hydrogen-bond donors (Lipinski definition) is 0. The average Bonchev–Trinajstić information content (AvgIpc) is 2.24. The van der Waals surface area contributed by atoms with Crippen LogP contribution in [0.3, 0.4) is 0 Å². The molecule has 0 nitrogen and oxygen atoms in total. The maximum atomic E-state index is 12.3. The molecule has 0 unspecified atom stereocenters. The molecule has 0 saturated heterocycles. The Morgan fingerprint density at radius 3 is 1.24 bits per heavy atom. The highest BCUT2D eigenvalue weighted by Crippen LogP contribution is 2.40. The van der Waals surface area contributed by atoms with E-state index < -0.39 is 41.4 Å². The Hall–Kier alpha value is -1.48. The van der Waals surface area contributed by atoms with Crippen molar-refractivity contribution in [3.63, 3.8) is 0 Å². The first kappa shape index (κ1) is 15.5. The highest BCUT2D eigenvalue weighted by atomic mass is 19.3. The van der Waals surface area contributed by atoms with Gasteiger partial charge in [0.25, 0.3) is 0 Å². The van der Waals surface area contributed by atoms with Crippen LogP contribution in [-0.4, -0.2) is 5.92 Å². The predicted molar refractivity (Wildman–Crippen MR) is 34.9 cm³/mol. The molecule has 0 aliphatic rings. The second-order valence-corrected chi connectivity index (χ2v) is 2.35. The molecule has 0 aromatic carbocycles. The minimum absolute atomic E-state index is 3.34. The Balaban J connectivity index is 5.75. The Labute approximate surface area is 86.5 Å². The maximum absolute atomic E-state index is 12.3. The molecule has 0 radical (unpaired) electrons. The monoisotopic (exact) mass is 274 g/mol. The van der Waals surface area contributed by atoms with Crippen LogP contribution in [0.4, 0.5) is 43.9 Å². The summed E-state index contributed by atoms with van der Waals surface area (Å²) in [4.78, 5) is 0. The molecule has 17 heavy (non-hydrogen) atoms. The molecule has 0 N–H and O–H groups in total. The van der Waals surface area contributed by atoms with Gasteiger partial charge in [0.05, 0.1) is 0 Å². The van der Waals surface area contributed by atoms with Crippen LogP contribution in [0.15, 0.2) is 35.5 Å². The van der Waals surface area contributed by atoms with Crippen LogP contribution >= 0.6 is 0 Å². The number of halogens is 10. The third-order valence-electron chi connectivity index (χ3n) is 1.27. The standard InChI is InChI=1S/C7F10/c8-1(2(9)5(12)13)3(10)7(16,17)4(11)6(14)15/b3-1+. The van der Waals surface area contributed by atoms with Crippen molar-refractivity contribution in [2.75, 3.05) is 0 Å². The molecule has 0 aliphatic carbocycles. The van der Waals surface area contributed by atoms with E-state index >= 15 is 0 Å². The molecule has 0 spiro atoms. The third-order valence-corrected chi connectivity index (χ3v) is 1.27. The molecular weight excluding hydrogens is 274 g/mol. The van der Waals surface area contributed by atoms with E-state index in [0.29, 0.717) is 0 Å². The van der Waals surface area contributed by atoms with Crippen LogP contribution in [0.25, 0.3) is 0 Å². The van der Waals surface area contributed by atoms with Crippen molar-refractivity contribution in [2.24, 2.45) is 0 Å². The lowest BCUT2D eigenvalue weighted by Gasteiger charge is -2.11. The smallest absolute Gasteiger partial charge is 0.201 e. The average molecular weight is 274 g/mol. The van der Waals surface area contributed by atoms with E-state index in [-0.39, 0.29) is 0 Å². The van der Waals surface area contributed by atoms with Gasteiger partial charge in [0.2, 0.25) is 23.3 Å². The highest BCUT2D eigenvalue weighted by Gasteiger charge is 2.47. The van der Waals surface area contributed by atoms with Crippen molar-refractivity contribution >= 4 is 0 Å². The summed E-state index contributed by atoms with van der Waals surface area (Å²) in [6.45, 7) is 0. The van der Waals surface area contributed by atoms with E-state index in [1.54, 1.807) is 0 Å². The van der Waals surface area contributed by atoms with Gasteiger partial charge < -0.3 is 0 Å². The van der Waals surface area contributed by atoms with Gasteiger partial charge in [0.1, 0.15) is 0 Å². The zero-order chi connectivity index (χ0) is 14.0. The summed E-state index contributed by atoms with van der Waals surface area (Å²) in [6, 6.07) is 0. The summed E-state index contributed by atoms with van der Waals surface area (Å²) >= 11 is 0. The van der Waals surface area contributed by atoms with Gasteiger partial charge in [-0.05, 0) is 0 Å². The van der Waals surface area contributed by atoms with E-state index in [1.165, 1.54) is 0 Å². The van der Waals surface area contributed by atoms with E-state index in [1.807, 2.05) is 0 Å². The minimum Gasteiger partial charge on any atom is -0.201 e. The molecule has 0 saturated carbocycles. The fraction of sp³-hybridized carbons (Fsp3) is 0.143. The van der Waals surface area contributed by atoms with Crippen molar-refractivity contribution in [1.82, 2.24) is 0 Å². The van der Waals surface area contributed by atoms with Crippen LogP contribution in [0.1, 0.15) is 0 Å². The van der Waals surface area contributed by atoms with Gasteiger partial charge in [-0.25, -0.2) is 8.78 Å². The lowest BCUT2D eigenvalue weighted by atomic mass is 10.2. The van der Waals surface area contributed by atoms with E-state index in [4.69, 9.17) is 0 Å². The third kappa shape index (κ3) is 3.24.